The molecule has 1 N–H and O–H groups in total. The van der Waals surface area contributed by atoms with Crippen LogP contribution in [0, 0.1) is 11.8 Å². The summed E-state index contributed by atoms with van der Waals surface area (Å²) in [5.41, 5.74) is 0.0641. The van der Waals surface area contributed by atoms with Gasteiger partial charge in [-0.3, -0.25) is 9.59 Å². The van der Waals surface area contributed by atoms with Crippen LogP contribution in [0.3, 0.4) is 0 Å². The zero-order valence-electron chi connectivity index (χ0n) is 20.5. The first kappa shape index (κ1) is 21.9. The molecule has 7 aliphatic rings. The van der Waals surface area contributed by atoms with E-state index in [4.69, 9.17) is 18.9 Å². The highest BCUT2D eigenvalue weighted by Crippen LogP contribution is 2.68. The van der Waals surface area contributed by atoms with Gasteiger partial charge in [0.15, 0.2) is 17.6 Å². The number of esters is 1. The first-order valence-electron chi connectivity index (χ1n) is 13.8. The smallest absolute Gasteiger partial charge is 0.314 e. The van der Waals surface area contributed by atoms with Gasteiger partial charge in [-0.1, -0.05) is 18.9 Å². The number of piperidine rings is 1. The van der Waals surface area contributed by atoms with E-state index in [0.717, 1.165) is 49.7 Å². The van der Waals surface area contributed by atoms with E-state index in [0.29, 0.717) is 56.9 Å². The van der Waals surface area contributed by atoms with E-state index in [-0.39, 0.29) is 29.8 Å². The molecule has 8 heteroatoms. The molecule has 5 fully saturated rings. The van der Waals surface area contributed by atoms with E-state index >= 15 is 0 Å². The molecule has 3 heterocycles. The number of hydrogen-bond acceptors (Lipinski definition) is 7. The Labute approximate surface area is 210 Å². The van der Waals surface area contributed by atoms with Crippen molar-refractivity contribution >= 4 is 11.9 Å². The summed E-state index contributed by atoms with van der Waals surface area (Å²) in [6.45, 7) is 1.54. The predicted molar refractivity (Wildman–Crippen MR) is 125 cm³/mol. The molecule has 1 amide bonds. The zero-order valence-corrected chi connectivity index (χ0v) is 20.5. The Bertz CT molecular complexity index is 1150. The third-order valence-corrected chi connectivity index (χ3v) is 10.6. The highest BCUT2D eigenvalue weighted by Gasteiger charge is 2.78. The Morgan fingerprint density at radius 3 is 2.44 bits per heavy atom. The number of ether oxygens (including phenoxy) is 4. The highest BCUT2D eigenvalue weighted by molar-refractivity contribution is 5.81. The van der Waals surface area contributed by atoms with Gasteiger partial charge in [0.25, 0.3) is 0 Å². The average molecular weight is 496 g/mol. The molecule has 8 nitrogen and oxygen atoms in total. The Balaban J connectivity index is 1.27. The zero-order chi connectivity index (χ0) is 24.3. The summed E-state index contributed by atoms with van der Waals surface area (Å²) in [5.74, 6) is 0.0528. The summed E-state index contributed by atoms with van der Waals surface area (Å²) in [6, 6.07) is 3.53. The minimum absolute atomic E-state index is 0.0509. The highest BCUT2D eigenvalue weighted by atomic mass is 16.8. The number of fused-ring (bicyclic) bond motifs is 1. The van der Waals surface area contributed by atoms with Gasteiger partial charge in [0.05, 0.1) is 36.2 Å². The Morgan fingerprint density at radius 2 is 1.75 bits per heavy atom. The molecule has 1 aromatic rings. The van der Waals surface area contributed by atoms with Crippen molar-refractivity contribution in [1.29, 1.82) is 0 Å². The second-order valence-corrected chi connectivity index (χ2v) is 12.0. The minimum atomic E-state index is -1.16. The normalized spacial score (nSPS) is 37.6. The maximum atomic E-state index is 13.5. The summed E-state index contributed by atoms with van der Waals surface area (Å²) in [6.07, 6.45) is 7.32. The lowest BCUT2D eigenvalue weighted by Crippen LogP contribution is -2.80. The summed E-state index contributed by atoms with van der Waals surface area (Å²) >= 11 is 0. The van der Waals surface area contributed by atoms with Crippen LogP contribution in [0.15, 0.2) is 12.1 Å². The number of likely N-dealkylation sites (tertiary alicyclic amines) is 1. The standard InChI is InChI=1S/C28H33NO7/c30-23(16-3-1-4-16)29-12-11-26-21-18-7-8-19(35-24(31)17-5-2-6-17)22(21)36-25(26)28(33-13-14-34-28)10-9-27(26,32)20(29)15-18/h7-8,16-17,20,25,32H,1-6,9-15H2/t20-,25?,26+,27?/m1/s1. The third kappa shape index (κ3) is 2.51. The number of amides is 1. The average Bonchev–Trinajstić information content (AvgIpc) is 3.38. The maximum Gasteiger partial charge on any atom is 0.314 e. The van der Waals surface area contributed by atoms with Crippen molar-refractivity contribution in [2.75, 3.05) is 19.8 Å². The fraction of sp³-hybridized carbons (Fsp3) is 0.714. The van der Waals surface area contributed by atoms with E-state index in [1.807, 2.05) is 17.0 Å². The van der Waals surface area contributed by atoms with Gasteiger partial charge >= 0.3 is 5.97 Å². The van der Waals surface area contributed by atoms with Gasteiger partial charge in [-0.05, 0) is 56.6 Å². The Morgan fingerprint density at radius 1 is 1.00 bits per heavy atom. The SMILES string of the molecule is O=C(Oc1ccc2c3c1OC1C4(CCC5(O)[C@@H](C2)N(C(=O)C2CCC2)CC[C@]315)OCCO4)C1CCC1. The van der Waals surface area contributed by atoms with E-state index in [9.17, 15) is 14.7 Å². The van der Waals surface area contributed by atoms with Crippen LogP contribution in [0.2, 0.25) is 0 Å². The molecule has 2 spiro atoms. The molecule has 1 aromatic carbocycles. The lowest BCUT2D eigenvalue weighted by Gasteiger charge is -2.65. The van der Waals surface area contributed by atoms with Crippen LogP contribution in [-0.2, 0) is 30.9 Å². The van der Waals surface area contributed by atoms with Gasteiger partial charge in [-0.25, -0.2) is 0 Å². The second kappa shape index (κ2) is 7.23. The van der Waals surface area contributed by atoms with Crippen LogP contribution in [0.4, 0.5) is 0 Å². The number of rotatable bonds is 3. The number of benzene rings is 1. The Kier molecular flexibility index (Phi) is 4.40. The van der Waals surface area contributed by atoms with Crippen molar-refractivity contribution < 1.29 is 33.6 Å². The molecule has 2 saturated heterocycles. The van der Waals surface area contributed by atoms with E-state index in [2.05, 4.69) is 0 Å². The summed E-state index contributed by atoms with van der Waals surface area (Å²) in [7, 11) is 0. The van der Waals surface area contributed by atoms with Crippen molar-refractivity contribution in [3.05, 3.63) is 23.3 Å². The number of hydrogen-bond donors (Lipinski definition) is 1. The molecule has 4 aliphatic carbocycles. The van der Waals surface area contributed by atoms with Gasteiger partial charge in [0, 0.05) is 24.4 Å². The van der Waals surface area contributed by atoms with Crippen LogP contribution >= 0.6 is 0 Å². The van der Waals surface area contributed by atoms with Crippen molar-refractivity contribution in [2.45, 2.75) is 93.2 Å². The molecule has 0 radical (unpaired) electrons. The molecular weight excluding hydrogens is 462 g/mol. The number of aliphatic hydroxyl groups is 1. The molecule has 36 heavy (non-hydrogen) atoms. The molecule has 2 unspecified atom stereocenters. The van der Waals surface area contributed by atoms with Crippen LogP contribution in [0.5, 0.6) is 11.5 Å². The molecule has 0 aromatic heterocycles. The van der Waals surface area contributed by atoms with Gasteiger partial charge in [0.2, 0.25) is 11.7 Å². The van der Waals surface area contributed by atoms with Crippen LogP contribution in [0.1, 0.15) is 68.9 Å². The van der Waals surface area contributed by atoms with Gasteiger partial charge < -0.3 is 29.0 Å². The first-order chi connectivity index (χ1) is 17.5. The molecule has 8 rings (SSSR count). The van der Waals surface area contributed by atoms with Crippen molar-refractivity contribution in [1.82, 2.24) is 4.90 Å². The van der Waals surface area contributed by atoms with E-state index < -0.39 is 22.9 Å². The summed E-state index contributed by atoms with van der Waals surface area (Å²) < 4.78 is 25.1. The minimum Gasteiger partial charge on any atom is -0.479 e. The lowest BCUT2D eigenvalue weighted by atomic mass is 9.48. The van der Waals surface area contributed by atoms with Crippen molar-refractivity contribution in [3.8, 4) is 11.5 Å². The molecular formula is C28H33NO7. The second-order valence-electron chi connectivity index (χ2n) is 12.0. The first-order valence-corrected chi connectivity index (χ1v) is 13.8. The van der Waals surface area contributed by atoms with Crippen molar-refractivity contribution in [3.63, 3.8) is 0 Å². The summed E-state index contributed by atoms with van der Waals surface area (Å²) in [5, 5.41) is 12.7. The molecule has 192 valence electrons. The molecule has 3 aliphatic heterocycles. The fourth-order valence-corrected chi connectivity index (χ4v) is 8.33. The van der Waals surface area contributed by atoms with E-state index in [1.165, 1.54) is 0 Å². The third-order valence-electron chi connectivity index (χ3n) is 10.6. The van der Waals surface area contributed by atoms with Crippen LogP contribution < -0.4 is 9.47 Å². The predicted octanol–water partition coefficient (Wildman–Crippen LogP) is 2.62. The maximum absolute atomic E-state index is 13.5. The fourth-order valence-electron chi connectivity index (χ4n) is 8.33. The lowest BCUT2D eigenvalue weighted by molar-refractivity contribution is -0.295. The largest absolute Gasteiger partial charge is 0.479 e. The van der Waals surface area contributed by atoms with Crippen LogP contribution in [-0.4, -0.2) is 65.2 Å². The van der Waals surface area contributed by atoms with Crippen molar-refractivity contribution in [2.24, 2.45) is 11.8 Å². The topological polar surface area (TPSA) is 94.5 Å². The molecule has 3 saturated carbocycles. The van der Waals surface area contributed by atoms with Crippen LogP contribution in [0.25, 0.3) is 0 Å². The number of carbonyl (C=O) groups is 2. The summed E-state index contributed by atoms with van der Waals surface area (Å²) in [4.78, 5) is 28.3. The van der Waals surface area contributed by atoms with Gasteiger partial charge in [0.1, 0.15) is 0 Å². The van der Waals surface area contributed by atoms with Gasteiger partial charge in [-0.15, -0.1) is 0 Å². The molecule has 2 bridgehead atoms. The molecule has 4 atom stereocenters. The monoisotopic (exact) mass is 495 g/mol. The van der Waals surface area contributed by atoms with E-state index in [1.54, 1.807) is 0 Å². The number of nitrogens with zero attached hydrogens (tertiary/aromatic N) is 1. The number of carbonyl (C=O) groups excluding carboxylic acids is 2. The quantitative estimate of drug-likeness (QED) is 0.509. The Hall–Kier alpha value is -2.16. The van der Waals surface area contributed by atoms with Gasteiger partial charge in [-0.2, -0.15) is 0 Å².